The standard InChI is InChI=1S/C21H26N2O2S/c1-14(2)23(16(4)24)13-20(25)22-11-9-19-18(10-12-26-19)21(22)17-7-5-15(3)6-8-17/h5-8,10,12,14,21H,9,11,13H2,1-4H3. The van der Waals surface area contributed by atoms with Crippen LogP contribution in [0, 0.1) is 6.92 Å². The Labute approximate surface area is 159 Å². The third-order valence-corrected chi connectivity index (χ3v) is 6.01. The van der Waals surface area contributed by atoms with Gasteiger partial charge < -0.3 is 9.80 Å². The predicted octanol–water partition coefficient (Wildman–Crippen LogP) is 3.79. The molecule has 2 amide bonds. The highest BCUT2D eigenvalue weighted by atomic mass is 32.1. The monoisotopic (exact) mass is 370 g/mol. The number of fused-ring (bicyclic) bond motifs is 1. The van der Waals surface area contributed by atoms with Crippen molar-refractivity contribution in [3.63, 3.8) is 0 Å². The van der Waals surface area contributed by atoms with Crippen molar-refractivity contribution in [2.45, 2.75) is 46.2 Å². The molecule has 1 aliphatic heterocycles. The summed E-state index contributed by atoms with van der Waals surface area (Å²) in [6.45, 7) is 8.30. The number of aryl methyl sites for hydroxylation is 1. The maximum Gasteiger partial charge on any atom is 0.243 e. The van der Waals surface area contributed by atoms with E-state index in [0.717, 1.165) is 12.0 Å². The fraction of sp³-hybridized carbons (Fsp3) is 0.429. The third-order valence-electron chi connectivity index (χ3n) is 5.01. The smallest absolute Gasteiger partial charge is 0.243 e. The lowest BCUT2D eigenvalue weighted by molar-refractivity contribution is -0.142. The number of rotatable bonds is 4. The van der Waals surface area contributed by atoms with Crippen LogP contribution in [-0.2, 0) is 16.0 Å². The number of hydrogen-bond donors (Lipinski definition) is 0. The molecule has 0 saturated heterocycles. The van der Waals surface area contributed by atoms with Crippen molar-refractivity contribution in [1.82, 2.24) is 9.80 Å². The molecule has 1 unspecified atom stereocenters. The number of carbonyl (C=O) groups excluding carboxylic acids is 2. The second-order valence-corrected chi connectivity index (χ2v) is 8.19. The van der Waals surface area contributed by atoms with Gasteiger partial charge in [-0.25, -0.2) is 0 Å². The Bertz CT molecular complexity index is 795. The molecule has 1 atom stereocenters. The Morgan fingerprint density at radius 2 is 1.92 bits per heavy atom. The van der Waals surface area contributed by atoms with Gasteiger partial charge in [-0.3, -0.25) is 9.59 Å². The lowest BCUT2D eigenvalue weighted by atomic mass is 9.92. The van der Waals surface area contributed by atoms with Crippen LogP contribution in [0.4, 0.5) is 0 Å². The highest BCUT2D eigenvalue weighted by molar-refractivity contribution is 7.10. The van der Waals surface area contributed by atoms with Crippen molar-refractivity contribution < 1.29 is 9.59 Å². The van der Waals surface area contributed by atoms with Gasteiger partial charge in [-0.2, -0.15) is 0 Å². The van der Waals surface area contributed by atoms with Gasteiger partial charge in [0.2, 0.25) is 11.8 Å². The van der Waals surface area contributed by atoms with Crippen molar-refractivity contribution in [3.8, 4) is 0 Å². The van der Waals surface area contributed by atoms with Gasteiger partial charge >= 0.3 is 0 Å². The van der Waals surface area contributed by atoms with Crippen LogP contribution in [-0.4, -0.2) is 40.7 Å². The third kappa shape index (κ3) is 3.68. The van der Waals surface area contributed by atoms with Gasteiger partial charge in [-0.05, 0) is 49.8 Å². The first-order chi connectivity index (χ1) is 12.4. The molecule has 4 nitrogen and oxygen atoms in total. The Hall–Kier alpha value is -2.14. The molecule has 138 valence electrons. The minimum Gasteiger partial charge on any atom is -0.331 e. The number of amides is 2. The molecule has 1 aromatic heterocycles. The maximum atomic E-state index is 13.1. The van der Waals surface area contributed by atoms with Crippen molar-refractivity contribution in [2.75, 3.05) is 13.1 Å². The van der Waals surface area contributed by atoms with E-state index in [9.17, 15) is 9.59 Å². The van der Waals surface area contributed by atoms with Crippen LogP contribution in [0.5, 0.6) is 0 Å². The van der Waals surface area contributed by atoms with Gasteiger partial charge in [0.05, 0.1) is 12.6 Å². The van der Waals surface area contributed by atoms with E-state index in [1.807, 2.05) is 18.7 Å². The quantitative estimate of drug-likeness (QED) is 0.822. The molecule has 0 spiro atoms. The van der Waals surface area contributed by atoms with E-state index >= 15 is 0 Å². The van der Waals surface area contributed by atoms with Crippen LogP contribution in [0.3, 0.4) is 0 Å². The molecular formula is C21H26N2O2S. The molecule has 1 aromatic carbocycles. The first-order valence-electron chi connectivity index (χ1n) is 9.08. The van der Waals surface area contributed by atoms with Crippen molar-refractivity contribution in [2.24, 2.45) is 0 Å². The minimum absolute atomic E-state index is 0.00998. The van der Waals surface area contributed by atoms with Crippen LogP contribution in [0.1, 0.15) is 48.4 Å². The lowest BCUT2D eigenvalue weighted by Crippen LogP contribution is -2.48. The summed E-state index contributed by atoms with van der Waals surface area (Å²) < 4.78 is 0. The van der Waals surface area contributed by atoms with Crippen LogP contribution in [0.25, 0.3) is 0 Å². The fourth-order valence-electron chi connectivity index (χ4n) is 3.59. The van der Waals surface area contributed by atoms with E-state index in [0.29, 0.717) is 6.54 Å². The summed E-state index contributed by atoms with van der Waals surface area (Å²) in [4.78, 5) is 30.0. The lowest BCUT2D eigenvalue weighted by Gasteiger charge is -2.38. The predicted molar refractivity (Wildman–Crippen MR) is 105 cm³/mol. The summed E-state index contributed by atoms with van der Waals surface area (Å²) in [6.07, 6.45) is 0.878. The maximum absolute atomic E-state index is 13.1. The summed E-state index contributed by atoms with van der Waals surface area (Å²) in [5.41, 5.74) is 3.55. The van der Waals surface area contributed by atoms with Gasteiger partial charge in [-0.1, -0.05) is 29.8 Å². The first kappa shape index (κ1) is 18.6. The Balaban J connectivity index is 1.93. The zero-order valence-electron chi connectivity index (χ0n) is 15.9. The molecule has 0 saturated carbocycles. The number of hydrogen-bond acceptors (Lipinski definition) is 3. The van der Waals surface area contributed by atoms with Crippen LogP contribution in [0.15, 0.2) is 35.7 Å². The second-order valence-electron chi connectivity index (χ2n) is 7.19. The summed E-state index contributed by atoms with van der Waals surface area (Å²) in [5, 5.41) is 2.11. The normalized spacial score (nSPS) is 16.5. The molecule has 0 radical (unpaired) electrons. The van der Waals surface area contributed by atoms with Gasteiger partial charge in [0.1, 0.15) is 0 Å². The van der Waals surface area contributed by atoms with E-state index in [-0.39, 0.29) is 30.4 Å². The summed E-state index contributed by atoms with van der Waals surface area (Å²) in [7, 11) is 0. The van der Waals surface area contributed by atoms with Crippen molar-refractivity contribution in [1.29, 1.82) is 0 Å². The summed E-state index contributed by atoms with van der Waals surface area (Å²) in [5.74, 6) is -0.0511. The van der Waals surface area contributed by atoms with E-state index in [1.54, 1.807) is 16.2 Å². The Morgan fingerprint density at radius 3 is 2.54 bits per heavy atom. The molecule has 2 aromatic rings. The molecular weight excluding hydrogens is 344 g/mol. The largest absolute Gasteiger partial charge is 0.331 e. The van der Waals surface area contributed by atoms with Gasteiger partial charge in [0.15, 0.2) is 0 Å². The molecule has 5 heteroatoms. The molecule has 0 N–H and O–H groups in total. The Kier molecular flexibility index (Phi) is 5.47. The highest BCUT2D eigenvalue weighted by Gasteiger charge is 2.33. The summed E-state index contributed by atoms with van der Waals surface area (Å²) in [6, 6.07) is 10.5. The number of carbonyl (C=O) groups is 2. The second kappa shape index (κ2) is 7.62. The molecule has 0 bridgehead atoms. The van der Waals surface area contributed by atoms with Crippen LogP contribution >= 0.6 is 11.3 Å². The highest BCUT2D eigenvalue weighted by Crippen LogP contribution is 2.37. The van der Waals surface area contributed by atoms with E-state index in [1.165, 1.54) is 22.9 Å². The van der Waals surface area contributed by atoms with Gasteiger partial charge in [-0.15, -0.1) is 11.3 Å². The molecule has 0 fully saturated rings. The average molecular weight is 371 g/mol. The van der Waals surface area contributed by atoms with E-state index < -0.39 is 0 Å². The number of benzene rings is 1. The molecule has 26 heavy (non-hydrogen) atoms. The van der Waals surface area contributed by atoms with Gasteiger partial charge in [0, 0.05) is 24.4 Å². The Morgan fingerprint density at radius 1 is 1.23 bits per heavy atom. The minimum atomic E-state index is -0.0703. The van der Waals surface area contributed by atoms with E-state index in [2.05, 4.69) is 42.6 Å². The molecule has 0 aliphatic carbocycles. The van der Waals surface area contributed by atoms with Crippen molar-refractivity contribution in [3.05, 3.63) is 57.3 Å². The molecule has 2 heterocycles. The van der Waals surface area contributed by atoms with Crippen LogP contribution < -0.4 is 0 Å². The van der Waals surface area contributed by atoms with Gasteiger partial charge in [0.25, 0.3) is 0 Å². The topological polar surface area (TPSA) is 40.6 Å². The SMILES string of the molecule is CC(=O)N(CC(=O)N1CCc2sccc2C1c1ccc(C)cc1)C(C)C. The summed E-state index contributed by atoms with van der Waals surface area (Å²) >= 11 is 1.76. The zero-order valence-corrected chi connectivity index (χ0v) is 16.7. The average Bonchev–Trinajstić information content (AvgIpc) is 3.07. The number of nitrogens with zero attached hydrogens (tertiary/aromatic N) is 2. The first-order valence-corrected chi connectivity index (χ1v) is 9.96. The molecule has 3 rings (SSSR count). The zero-order chi connectivity index (χ0) is 18.8. The number of thiophene rings is 1. The van der Waals surface area contributed by atoms with E-state index in [4.69, 9.17) is 0 Å². The fourth-order valence-corrected chi connectivity index (χ4v) is 4.49. The molecule has 1 aliphatic rings. The van der Waals surface area contributed by atoms with Crippen LogP contribution in [0.2, 0.25) is 0 Å². The van der Waals surface area contributed by atoms with Crippen molar-refractivity contribution >= 4 is 23.2 Å².